The predicted octanol–water partition coefficient (Wildman–Crippen LogP) is 4.15. The molecule has 0 aliphatic heterocycles. The van der Waals surface area contributed by atoms with E-state index in [1.165, 1.54) is 24.2 Å². The van der Waals surface area contributed by atoms with Crippen molar-refractivity contribution in [1.82, 2.24) is 25.4 Å². The molecule has 2 amide bonds. The Morgan fingerprint density at radius 1 is 1.19 bits per heavy atom. The highest BCUT2D eigenvalue weighted by molar-refractivity contribution is 7.14. The Kier molecular flexibility index (Phi) is 6.15. The van der Waals surface area contributed by atoms with Crippen LogP contribution in [-0.4, -0.2) is 38.7 Å². The molecule has 2 fully saturated rings. The smallest absolute Gasteiger partial charge is 0.262 e. The molecule has 168 valence electrons. The van der Waals surface area contributed by atoms with Gasteiger partial charge in [-0.05, 0) is 43.4 Å². The lowest BCUT2D eigenvalue weighted by Gasteiger charge is -2.21. The highest BCUT2D eigenvalue weighted by Gasteiger charge is 2.31. The molecular weight excluding hydrogens is 446 g/mol. The number of pyridine rings is 1. The summed E-state index contributed by atoms with van der Waals surface area (Å²) in [4.78, 5) is 31.6. The minimum atomic E-state index is -0.472. The summed E-state index contributed by atoms with van der Waals surface area (Å²) < 4.78 is 1.83. The molecule has 0 spiro atoms. The van der Waals surface area contributed by atoms with Crippen LogP contribution in [0.1, 0.15) is 59.5 Å². The average molecular weight is 472 g/mol. The molecule has 0 aromatic carbocycles. The Hall–Kier alpha value is -2.45. The van der Waals surface area contributed by atoms with Crippen molar-refractivity contribution in [3.8, 4) is 0 Å². The second kappa shape index (κ2) is 9.19. The number of halogens is 1. The average Bonchev–Trinajstić information content (AvgIpc) is 3.16. The number of thiophene rings is 1. The van der Waals surface area contributed by atoms with Crippen molar-refractivity contribution in [3.05, 3.63) is 45.4 Å². The molecule has 2 aliphatic carbocycles. The van der Waals surface area contributed by atoms with Gasteiger partial charge in [-0.15, -0.1) is 11.3 Å². The Bertz CT molecular complexity index is 1130. The van der Waals surface area contributed by atoms with E-state index in [1.54, 1.807) is 12.4 Å². The van der Waals surface area contributed by atoms with E-state index >= 15 is 0 Å². The molecule has 7 nitrogen and oxygen atoms in total. The number of carbonyl (C=O) groups excluding carboxylic acids is 2. The Morgan fingerprint density at radius 2 is 2.00 bits per heavy atom. The molecule has 1 atom stereocenters. The van der Waals surface area contributed by atoms with Gasteiger partial charge in [0.15, 0.2) is 0 Å². The number of aromatic nitrogens is 3. The Morgan fingerprint density at radius 3 is 2.78 bits per heavy atom. The quantitative estimate of drug-likeness (QED) is 0.516. The van der Waals surface area contributed by atoms with Crippen LogP contribution in [0.25, 0.3) is 11.0 Å². The van der Waals surface area contributed by atoms with E-state index < -0.39 is 6.04 Å². The Labute approximate surface area is 195 Å². The number of hydrogen-bond donors (Lipinski definition) is 2. The standard InChI is InChI=1S/C23H26ClN5O2S/c24-15-10-20-19(25-11-15)12-26-29(20)13-17-7-8-21(32-17)23(31)28-18(9-14-3-1-2-4-14)22(30)27-16-5-6-16/h7-8,10-12,14,16,18H,1-6,9,13H2,(H,27,30)(H,28,31)/t18-/m0/s1. The number of carbonyl (C=O) groups is 2. The lowest BCUT2D eigenvalue weighted by molar-refractivity contribution is -0.123. The van der Waals surface area contributed by atoms with Crippen LogP contribution in [0, 0.1) is 5.92 Å². The minimum Gasteiger partial charge on any atom is -0.352 e. The maximum absolute atomic E-state index is 13.0. The topological polar surface area (TPSA) is 88.9 Å². The molecule has 3 aromatic heterocycles. The van der Waals surface area contributed by atoms with Crippen LogP contribution in [0.2, 0.25) is 5.02 Å². The van der Waals surface area contributed by atoms with Crippen LogP contribution in [0.4, 0.5) is 0 Å². The number of fused-ring (bicyclic) bond motifs is 1. The molecule has 0 bridgehead atoms. The lowest BCUT2D eigenvalue weighted by Crippen LogP contribution is -2.48. The van der Waals surface area contributed by atoms with Crippen molar-refractivity contribution in [2.45, 2.75) is 63.6 Å². The van der Waals surface area contributed by atoms with Crippen molar-refractivity contribution in [2.75, 3.05) is 0 Å². The van der Waals surface area contributed by atoms with Gasteiger partial charge in [-0.1, -0.05) is 37.3 Å². The molecular formula is C23H26ClN5O2S. The van der Waals surface area contributed by atoms with E-state index in [1.807, 2.05) is 22.9 Å². The summed E-state index contributed by atoms with van der Waals surface area (Å²) in [5, 5.41) is 11.0. The second-order valence-electron chi connectivity index (χ2n) is 8.82. The molecule has 5 rings (SSSR count). The molecule has 0 unspecified atom stereocenters. The first-order valence-electron chi connectivity index (χ1n) is 11.2. The molecule has 32 heavy (non-hydrogen) atoms. The third-order valence-corrected chi connectivity index (χ3v) is 7.52. The first-order chi connectivity index (χ1) is 15.5. The van der Waals surface area contributed by atoms with E-state index in [0.29, 0.717) is 22.4 Å². The summed E-state index contributed by atoms with van der Waals surface area (Å²) in [7, 11) is 0. The zero-order chi connectivity index (χ0) is 22.1. The highest BCUT2D eigenvalue weighted by atomic mass is 35.5. The summed E-state index contributed by atoms with van der Waals surface area (Å²) >= 11 is 7.50. The fraction of sp³-hybridized carbons (Fsp3) is 0.478. The number of nitrogens with one attached hydrogen (secondary N) is 2. The number of amides is 2. The normalized spacial score (nSPS) is 17.5. The van der Waals surface area contributed by atoms with Crippen molar-refractivity contribution >= 4 is 45.8 Å². The van der Waals surface area contributed by atoms with E-state index in [-0.39, 0.29) is 17.9 Å². The SMILES string of the molecule is O=C(N[C@@H](CC1CCCC1)C(=O)NC1CC1)c1ccc(Cn2ncc3ncc(Cl)cc32)s1. The maximum Gasteiger partial charge on any atom is 0.262 e. The summed E-state index contributed by atoms with van der Waals surface area (Å²) in [5.74, 6) is 0.278. The minimum absolute atomic E-state index is 0.0445. The monoisotopic (exact) mass is 471 g/mol. The van der Waals surface area contributed by atoms with Gasteiger partial charge in [-0.2, -0.15) is 5.10 Å². The van der Waals surface area contributed by atoms with Gasteiger partial charge in [0.05, 0.1) is 28.2 Å². The first kappa shape index (κ1) is 21.4. The third kappa shape index (κ3) is 4.96. The van der Waals surface area contributed by atoms with Crippen LogP contribution >= 0.6 is 22.9 Å². The van der Waals surface area contributed by atoms with Crippen molar-refractivity contribution in [3.63, 3.8) is 0 Å². The molecule has 2 N–H and O–H groups in total. The van der Waals surface area contributed by atoms with Crippen LogP contribution < -0.4 is 10.6 Å². The molecule has 3 heterocycles. The fourth-order valence-corrected chi connectivity index (χ4v) is 5.41. The number of rotatable bonds is 8. The molecule has 0 radical (unpaired) electrons. The predicted molar refractivity (Wildman–Crippen MR) is 125 cm³/mol. The van der Waals surface area contributed by atoms with Crippen molar-refractivity contribution < 1.29 is 9.59 Å². The van der Waals surface area contributed by atoms with Gasteiger partial charge in [0, 0.05) is 17.1 Å². The molecule has 2 aliphatic rings. The third-order valence-electron chi connectivity index (χ3n) is 6.24. The highest BCUT2D eigenvalue weighted by Crippen LogP contribution is 2.29. The van der Waals surface area contributed by atoms with Gasteiger partial charge >= 0.3 is 0 Å². The van der Waals surface area contributed by atoms with Gasteiger partial charge in [0.1, 0.15) is 11.6 Å². The Balaban J connectivity index is 1.26. The summed E-state index contributed by atoms with van der Waals surface area (Å²) in [5.41, 5.74) is 1.63. The molecule has 3 aromatic rings. The van der Waals surface area contributed by atoms with Crippen molar-refractivity contribution in [2.24, 2.45) is 5.92 Å². The van der Waals surface area contributed by atoms with Gasteiger partial charge in [-0.3, -0.25) is 19.3 Å². The van der Waals surface area contributed by atoms with Gasteiger partial charge in [0.25, 0.3) is 5.91 Å². The lowest BCUT2D eigenvalue weighted by atomic mass is 9.97. The van der Waals surface area contributed by atoms with E-state index in [2.05, 4.69) is 20.7 Å². The van der Waals surface area contributed by atoms with Crippen LogP contribution in [0.3, 0.4) is 0 Å². The number of hydrogen-bond acceptors (Lipinski definition) is 5. The summed E-state index contributed by atoms with van der Waals surface area (Å²) in [6.07, 6.45) is 10.8. The molecule has 0 saturated heterocycles. The summed E-state index contributed by atoms with van der Waals surface area (Å²) in [6.45, 7) is 0.525. The van der Waals surface area contributed by atoms with Gasteiger partial charge in [-0.25, -0.2) is 0 Å². The molecule has 2 saturated carbocycles. The van der Waals surface area contributed by atoms with Crippen LogP contribution in [0.15, 0.2) is 30.6 Å². The van der Waals surface area contributed by atoms with Gasteiger partial charge < -0.3 is 10.6 Å². The van der Waals surface area contributed by atoms with Crippen molar-refractivity contribution in [1.29, 1.82) is 0 Å². The van der Waals surface area contributed by atoms with E-state index in [4.69, 9.17) is 11.6 Å². The first-order valence-corrected chi connectivity index (χ1v) is 12.4. The zero-order valence-corrected chi connectivity index (χ0v) is 19.3. The zero-order valence-electron chi connectivity index (χ0n) is 17.7. The maximum atomic E-state index is 13.0. The second-order valence-corrected chi connectivity index (χ2v) is 10.4. The molecule has 9 heteroatoms. The van der Waals surface area contributed by atoms with Crippen LogP contribution in [-0.2, 0) is 11.3 Å². The summed E-state index contributed by atoms with van der Waals surface area (Å²) in [6, 6.07) is 5.40. The van der Waals surface area contributed by atoms with E-state index in [9.17, 15) is 9.59 Å². The number of nitrogens with zero attached hydrogens (tertiary/aromatic N) is 3. The van der Waals surface area contributed by atoms with Gasteiger partial charge in [0.2, 0.25) is 5.91 Å². The largest absolute Gasteiger partial charge is 0.352 e. The van der Waals surface area contributed by atoms with E-state index in [0.717, 1.165) is 48.0 Å². The fourth-order valence-electron chi connectivity index (χ4n) is 4.36. The van der Waals surface area contributed by atoms with Crippen LogP contribution in [0.5, 0.6) is 0 Å².